The van der Waals surface area contributed by atoms with Crippen LogP contribution in [0.3, 0.4) is 0 Å². The van der Waals surface area contributed by atoms with Crippen LogP contribution in [0.25, 0.3) is 0 Å². The molecule has 1 saturated heterocycles. The van der Waals surface area contributed by atoms with Crippen LogP contribution >= 0.6 is 0 Å². The lowest BCUT2D eigenvalue weighted by molar-refractivity contribution is -0.126. The number of aromatic nitrogens is 2. The van der Waals surface area contributed by atoms with Crippen LogP contribution in [0.5, 0.6) is 0 Å². The molecule has 0 aromatic carbocycles. The summed E-state index contributed by atoms with van der Waals surface area (Å²) in [7, 11) is 4.09. The second-order valence-corrected chi connectivity index (χ2v) is 7.72. The molecule has 0 unspecified atom stereocenters. The Morgan fingerprint density at radius 1 is 1.36 bits per heavy atom. The highest BCUT2D eigenvalue weighted by Crippen LogP contribution is 2.24. The molecule has 0 bridgehead atoms. The highest BCUT2D eigenvalue weighted by atomic mass is 16.1. The molecule has 1 N–H and O–H groups in total. The van der Waals surface area contributed by atoms with Crippen molar-refractivity contribution < 1.29 is 4.79 Å². The van der Waals surface area contributed by atoms with E-state index in [4.69, 9.17) is 5.26 Å². The third kappa shape index (κ3) is 5.40. The maximum absolute atomic E-state index is 12.5. The Balaban J connectivity index is 1.85. The third-order valence-corrected chi connectivity index (χ3v) is 4.44. The number of nitrogens with zero attached hydrogens (tertiary/aromatic N) is 5. The number of hydrogen-bond donors (Lipinski definition) is 1. The molecule has 0 spiro atoms. The van der Waals surface area contributed by atoms with E-state index in [1.807, 2.05) is 19.0 Å². The second-order valence-electron chi connectivity index (χ2n) is 7.72. The number of carbonyl (C=O) groups is 1. The first-order chi connectivity index (χ1) is 11.8. The minimum atomic E-state index is 0.0219. The van der Waals surface area contributed by atoms with Gasteiger partial charge in [-0.25, -0.2) is 9.97 Å². The molecule has 1 aromatic heterocycles. The lowest BCUT2D eigenvalue weighted by Crippen LogP contribution is -2.45. The molecule has 1 aliphatic rings. The van der Waals surface area contributed by atoms with Crippen LogP contribution < -0.4 is 10.2 Å². The largest absolute Gasteiger partial charge is 0.355 e. The smallest absolute Gasteiger partial charge is 0.223 e. The second kappa shape index (κ2) is 8.26. The third-order valence-electron chi connectivity index (χ3n) is 4.44. The maximum atomic E-state index is 12.5. The van der Waals surface area contributed by atoms with E-state index < -0.39 is 0 Å². The van der Waals surface area contributed by atoms with Crippen molar-refractivity contribution in [3.8, 4) is 6.07 Å². The van der Waals surface area contributed by atoms with Crippen molar-refractivity contribution in [2.75, 3.05) is 45.2 Å². The SMILES string of the molecule is CN(C)CC(C)(C)CNC(=O)C1CCN(c2nccnc2C#N)CC1. The monoisotopic (exact) mass is 344 g/mol. The van der Waals surface area contributed by atoms with Gasteiger partial charge in [0.15, 0.2) is 11.5 Å². The fraction of sp³-hybridized carbons (Fsp3) is 0.667. The molecular weight excluding hydrogens is 316 g/mol. The van der Waals surface area contributed by atoms with E-state index in [0.29, 0.717) is 31.1 Å². The number of rotatable bonds is 6. The van der Waals surface area contributed by atoms with Crippen LogP contribution in [-0.4, -0.2) is 61.0 Å². The first-order valence-corrected chi connectivity index (χ1v) is 8.71. The zero-order chi connectivity index (χ0) is 18.4. The summed E-state index contributed by atoms with van der Waals surface area (Å²) < 4.78 is 0. The highest BCUT2D eigenvalue weighted by Gasteiger charge is 2.28. The summed E-state index contributed by atoms with van der Waals surface area (Å²) in [5.41, 5.74) is 0.386. The Kier molecular flexibility index (Phi) is 6.32. The Morgan fingerprint density at radius 2 is 2.00 bits per heavy atom. The van der Waals surface area contributed by atoms with Gasteiger partial charge in [-0.15, -0.1) is 0 Å². The molecule has 0 aliphatic carbocycles. The summed E-state index contributed by atoms with van der Waals surface area (Å²) in [6.07, 6.45) is 4.66. The number of carbonyl (C=O) groups excluding carboxylic acids is 1. The molecule has 0 atom stereocenters. The lowest BCUT2D eigenvalue weighted by atomic mass is 9.91. The average Bonchev–Trinajstić information content (AvgIpc) is 2.59. The van der Waals surface area contributed by atoms with Gasteiger partial charge in [-0.2, -0.15) is 5.26 Å². The van der Waals surface area contributed by atoms with E-state index in [1.54, 1.807) is 6.20 Å². The Hall–Kier alpha value is -2.20. The predicted octanol–water partition coefficient (Wildman–Crippen LogP) is 1.27. The summed E-state index contributed by atoms with van der Waals surface area (Å²) in [4.78, 5) is 25.0. The van der Waals surface area contributed by atoms with Gasteiger partial charge in [0, 0.05) is 44.5 Å². The Morgan fingerprint density at radius 3 is 2.60 bits per heavy atom. The molecule has 136 valence electrons. The normalized spacial score (nSPS) is 15.9. The van der Waals surface area contributed by atoms with Gasteiger partial charge in [0.25, 0.3) is 0 Å². The molecule has 1 aliphatic heterocycles. The molecule has 25 heavy (non-hydrogen) atoms. The molecule has 1 aromatic rings. The molecular formula is C18H28N6O. The number of anilines is 1. The molecule has 0 saturated carbocycles. The van der Waals surface area contributed by atoms with Gasteiger partial charge in [-0.05, 0) is 32.4 Å². The van der Waals surface area contributed by atoms with Gasteiger partial charge in [0.2, 0.25) is 5.91 Å². The Bertz CT molecular complexity index is 629. The minimum Gasteiger partial charge on any atom is -0.355 e. The van der Waals surface area contributed by atoms with E-state index in [9.17, 15) is 4.79 Å². The van der Waals surface area contributed by atoms with Crippen LogP contribution in [-0.2, 0) is 4.79 Å². The fourth-order valence-electron chi connectivity index (χ4n) is 3.38. The number of amides is 1. The van der Waals surface area contributed by atoms with Crippen molar-refractivity contribution in [1.82, 2.24) is 20.2 Å². The summed E-state index contributed by atoms with van der Waals surface area (Å²) in [5, 5.41) is 12.3. The van der Waals surface area contributed by atoms with Gasteiger partial charge < -0.3 is 15.1 Å². The fourth-order valence-corrected chi connectivity index (χ4v) is 3.38. The minimum absolute atomic E-state index is 0.0219. The van der Waals surface area contributed by atoms with Crippen molar-refractivity contribution in [2.24, 2.45) is 11.3 Å². The summed E-state index contributed by atoms with van der Waals surface area (Å²) >= 11 is 0. The summed E-state index contributed by atoms with van der Waals surface area (Å²) in [6, 6.07) is 2.08. The van der Waals surface area contributed by atoms with Crippen molar-refractivity contribution >= 4 is 11.7 Å². The number of nitriles is 1. The quantitative estimate of drug-likeness (QED) is 0.836. The molecule has 2 rings (SSSR count). The van der Waals surface area contributed by atoms with E-state index >= 15 is 0 Å². The van der Waals surface area contributed by atoms with Gasteiger partial charge in [-0.3, -0.25) is 4.79 Å². The molecule has 7 nitrogen and oxygen atoms in total. The van der Waals surface area contributed by atoms with E-state index in [2.05, 4.69) is 40.1 Å². The first-order valence-electron chi connectivity index (χ1n) is 8.71. The van der Waals surface area contributed by atoms with Crippen molar-refractivity contribution in [2.45, 2.75) is 26.7 Å². The van der Waals surface area contributed by atoms with Crippen LogP contribution in [0, 0.1) is 22.7 Å². The van der Waals surface area contributed by atoms with Crippen molar-refractivity contribution in [3.05, 3.63) is 18.1 Å². The van der Waals surface area contributed by atoms with Gasteiger partial charge in [-0.1, -0.05) is 13.8 Å². The predicted molar refractivity (Wildman–Crippen MR) is 97.0 cm³/mol. The number of nitrogens with one attached hydrogen (secondary N) is 1. The number of piperidine rings is 1. The lowest BCUT2D eigenvalue weighted by Gasteiger charge is -2.33. The molecule has 2 heterocycles. The van der Waals surface area contributed by atoms with Crippen LogP contribution in [0.2, 0.25) is 0 Å². The standard InChI is InChI=1S/C18H28N6O/c1-18(2,13-23(3)4)12-22-17(25)14-5-9-24(10-6-14)16-15(11-19)20-7-8-21-16/h7-8,14H,5-6,9-10,12-13H2,1-4H3,(H,22,25). The average molecular weight is 344 g/mol. The zero-order valence-corrected chi connectivity index (χ0v) is 15.6. The summed E-state index contributed by atoms with van der Waals surface area (Å²) in [6.45, 7) is 7.35. The van der Waals surface area contributed by atoms with Crippen LogP contribution in [0.15, 0.2) is 12.4 Å². The first kappa shape index (κ1) is 19.1. The molecule has 0 radical (unpaired) electrons. The molecule has 1 fully saturated rings. The van der Waals surface area contributed by atoms with Gasteiger partial charge >= 0.3 is 0 Å². The Labute approximate surface area is 150 Å². The van der Waals surface area contributed by atoms with E-state index in [0.717, 1.165) is 19.4 Å². The van der Waals surface area contributed by atoms with E-state index in [-0.39, 0.29) is 17.2 Å². The van der Waals surface area contributed by atoms with E-state index in [1.165, 1.54) is 6.20 Å². The van der Waals surface area contributed by atoms with Crippen LogP contribution in [0.4, 0.5) is 5.82 Å². The highest BCUT2D eigenvalue weighted by molar-refractivity contribution is 5.79. The number of hydrogen-bond acceptors (Lipinski definition) is 6. The van der Waals surface area contributed by atoms with Crippen LogP contribution in [0.1, 0.15) is 32.4 Å². The maximum Gasteiger partial charge on any atom is 0.223 e. The molecule has 7 heteroatoms. The van der Waals surface area contributed by atoms with Gasteiger partial charge in [0.05, 0.1) is 0 Å². The molecule has 1 amide bonds. The summed E-state index contributed by atoms with van der Waals surface area (Å²) in [5.74, 6) is 0.774. The van der Waals surface area contributed by atoms with Crippen molar-refractivity contribution in [3.63, 3.8) is 0 Å². The van der Waals surface area contributed by atoms with Crippen molar-refractivity contribution in [1.29, 1.82) is 5.26 Å². The van der Waals surface area contributed by atoms with Gasteiger partial charge in [0.1, 0.15) is 6.07 Å². The topological polar surface area (TPSA) is 85.2 Å². The zero-order valence-electron chi connectivity index (χ0n) is 15.6.